The van der Waals surface area contributed by atoms with E-state index in [2.05, 4.69) is 10.3 Å². The molecule has 2 rings (SSSR count). The Hall–Kier alpha value is -2.14. The molecule has 0 radical (unpaired) electrons. The van der Waals surface area contributed by atoms with Gasteiger partial charge in [0.2, 0.25) is 0 Å². The topological polar surface area (TPSA) is 79.3 Å². The van der Waals surface area contributed by atoms with Gasteiger partial charge in [-0.3, -0.25) is 4.79 Å². The van der Waals surface area contributed by atoms with Crippen molar-refractivity contribution >= 4 is 34.4 Å². The maximum Gasteiger partial charge on any atom is 0.326 e. The van der Waals surface area contributed by atoms with Gasteiger partial charge in [-0.1, -0.05) is 43.1 Å². The number of carbonyl (C=O) groups is 2. The Labute approximate surface area is 126 Å². The van der Waals surface area contributed by atoms with Crippen LogP contribution in [0.1, 0.15) is 30.3 Å². The number of hydrogen-bond acceptors (Lipinski definition) is 3. The Bertz CT molecular complexity index is 688. The monoisotopic (exact) mass is 306 g/mol. The predicted molar refractivity (Wildman–Crippen MR) is 80.6 cm³/mol. The average Bonchev–Trinajstić information content (AvgIpc) is 2.46. The van der Waals surface area contributed by atoms with Crippen LogP contribution in [0.5, 0.6) is 0 Å². The Morgan fingerprint density at radius 3 is 2.76 bits per heavy atom. The Morgan fingerprint density at radius 1 is 1.38 bits per heavy atom. The quantitative estimate of drug-likeness (QED) is 0.890. The van der Waals surface area contributed by atoms with Gasteiger partial charge in [0.15, 0.2) is 0 Å². The summed E-state index contributed by atoms with van der Waals surface area (Å²) < 4.78 is 0. The van der Waals surface area contributed by atoms with Gasteiger partial charge in [-0.05, 0) is 18.6 Å². The number of amides is 1. The SMILES string of the molecule is CCC[C@@H](NC(=O)c1cc(Cl)c2ccccc2n1)C(=O)O. The van der Waals surface area contributed by atoms with Gasteiger partial charge >= 0.3 is 5.97 Å². The van der Waals surface area contributed by atoms with E-state index in [1.165, 1.54) is 6.07 Å². The fourth-order valence-electron chi connectivity index (χ4n) is 2.03. The van der Waals surface area contributed by atoms with Crippen molar-refractivity contribution in [1.29, 1.82) is 0 Å². The van der Waals surface area contributed by atoms with Gasteiger partial charge in [-0.15, -0.1) is 0 Å². The van der Waals surface area contributed by atoms with E-state index in [-0.39, 0.29) is 5.69 Å². The molecular formula is C15H15ClN2O3. The van der Waals surface area contributed by atoms with E-state index < -0.39 is 17.9 Å². The Balaban J connectivity index is 2.29. The standard InChI is InChI=1S/C15H15ClN2O3/c1-2-5-12(15(20)21)18-14(19)13-8-10(16)9-6-3-4-7-11(9)17-13/h3-4,6-8,12H,2,5H2,1H3,(H,18,19)(H,20,21)/t12-/m1/s1. The van der Waals surface area contributed by atoms with Gasteiger partial charge in [-0.25, -0.2) is 9.78 Å². The largest absolute Gasteiger partial charge is 0.480 e. The van der Waals surface area contributed by atoms with Gasteiger partial charge in [0.1, 0.15) is 11.7 Å². The lowest BCUT2D eigenvalue weighted by atomic mass is 10.1. The Morgan fingerprint density at radius 2 is 2.10 bits per heavy atom. The summed E-state index contributed by atoms with van der Waals surface area (Å²) in [5, 5.41) is 12.7. The lowest BCUT2D eigenvalue weighted by Crippen LogP contribution is -2.40. The molecule has 1 aromatic carbocycles. The molecule has 21 heavy (non-hydrogen) atoms. The van der Waals surface area contributed by atoms with Crippen LogP contribution in [-0.2, 0) is 4.79 Å². The van der Waals surface area contributed by atoms with Crippen molar-refractivity contribution in [3.05, 3.63) is 41.0 Å². The number of carboxylic acids is 1. The van der Waals surface area contributed by atoms with Crippen molar-refractivity contribution < 1.29 is 14.7 Å². The maximum atomic E-state index is 12.1. The third kappa shape index (κ3) is 3.49. The minimum absolute atomic E-state index is 0.112. The number of aromatic nitrogens is 1. The third-order valence-corrected chi connectivity index (χ3v) is 3.39. The summed E-state index contributed by atoms with van der Waals surface area (Å²) >= 11 is 6.13. The zero-order valence-corrected chi connectivity index (χ0v) is 12.2. The van der Waals surface area contributed by atoms with Crippen molar-refractivity contribution in [2.45, 2.75) is 25.8 Å². The summed E-state index contributed by atoms with van der Waals surface area (Å²) in [6.45, 7) is 1.85. The molecule has 5 nitrogen and oxygen atoms in total. The van der Waals surface area contributed by atoms with Crippen LogP contribution in [0.2, 0.25) is 5.02 Å². The van der Waals surface area contributed by atoms with Crippen molar-refractivity contribution in [3.63, 3.8) is 0 Å². The number of carbonyl (C=O) groups excluding carboxylic acids is 1. The highest BCUT2D eigenvalue weighted by molar-refractivity contribution is 6.35. The second-order valence-corrected chi connectivity index (χ2v) is 5.07. The molecular weight excluding hydrogens is 292 g/mol. The Kier molecular flexibility index (Phi) is 4.75. The van der Waals surface area contributed by atoms with E-state index in [4.69, 9.17) is 16.7 Å². The number of nitrogens with zero attached hydrogens (tertiary/aromatic N) is 1. The molecule has 0 saturated carbocycles. The highest BCUT2D eigenvalue weighted by Crippen LogP contribution is 2.22. The summed E-state index contributed by atoms with van der Waals surface area (Å²) in [5.41, 5.74) is 0.707. The normalized spacial score (nSPS) is 12.1. The zero-order chi connectivity index (χ0) is 15.4. The second-order valence-electron chi connectivity index (χ2n) is 4.66. The number of benzene rings is 1. The number of halogens is 1. The smallest absolute Gasteiger partial charge is 0.326 e. The first-order valence-corrected chi connectivity index (χ1v) is 6.99. The molecule has 1 atom stereocenters. The number of carboxylic acid groups (broad SMARTS) is 1. The van der Waals surface area contributed by atoms with Crippen LogP contribution in [-0.4, -0.2) is 28.0 Å². The molecule has 1 heterocycles. The van der Waals surface area contributed by atoms with Gasteiger partial charge < -0.3 is 10.4 Å². The molecule has 6 heteroatoms. The highest BCUT2D eigenvalue weighted by atomic mass is 35.5. The molecule has 0 spiro atoms. The summed E-state index contributed by atoms with van der Waals surface area (Å²) in [7, 11) is 0. The van der Waals surface area contributed by atoms with Crippen molar-refractivity contribution in [2.75, 3.05) is 0 Å². The molecule has 0 unspecified atom stereocenters. The predicted octanol–water partition coefficient (Wildman–Crippen LogP) is 2.87. The van der Waals surface area contributed by atoms with Crippen molar-refractivity contribution in [2.24, 2.45) is 0 Å². The number of nitrogens with one attached hydrogen (secondary N) is 1. The lowest BCUT2D eigenvalue weighted by molar-refractivity contribution is -0.139. The first kappa shape index (κ1) is 15.3. The number of para-hydroxylation sites is 1. The second kappa shape index (κ2) is 6.54. The summed E-state index contributed by atoms with van der Waals surface area (Å²) in [5.74, 6) is -1.60. The maximum absolute atomic E-state index is 12.1. The van der Waals surface area contributed by atoms with E-state index in [9.17, 15) is 9.59 Å². The molecule has 110 valence electrons. The van der Waals surface area contributed by atoms with Crippen LogP contribution in [0.25, 0.3) is 10.9 Å². The van der Waals surface area contributed by atoms with Crippen molar-refractivity contribution in [3.8, 4) is 0 Å². The summed E-state index contributed by atoms with van der Waals surface area (Å²) in [6.07, 6.45) is 1.02. The molecule has 2 N–H and O–H groups in total. The highest BCUT2D eigenvalue weighted by Gasteiger charge is 2.20. The first-order valence-electron chi connectivity index (χ1n) is 6.62. The van der Waals surface area contributed by atoms with Crippen LogP contribution in [0.4, 0.5) is 0 Å². The number of fused-ring (bicyclic) bond motifs is 1. The van der Waals surface area contributed by atoms with E-state index >= 15 is 0 Å². The minimum Gasteiger partial charge on any atom is -0.480 e. The number of aliphatic carboxylic acids is 1. The molecule has 0 aliphatic heterocycles. The fourth-order valence-corrected chi connectivity index (χ4v) is 2.29. The molecule has 1 amide bonds. The van der Waals surface area contributed by atoms with E-state index in [1.807, 2.05) is 19.1 Å². The van der Waals surface area contributed by atoms with Gasteiger partial charge in [-0.2, -0.15) is 0 Å². The molecule has 0 fully saturated rings. The van der Waals surface area contributed by atoms with Crippen LogP contribution in [0.15, 0.2) is 30.3 Å². The van der Waals surface area contributed by atoms with Gasteiger partial charge in [0.05, 0.1) is 10.5 Å². The van der Waals surface area contributed by atoms with Gasteiger partial charge in [0.25, 0.3) is 5.91 Å². The van der Waals surface area contributed by atoms with E-state index in [0.717, 1.165) is 5.39 Å². The molecule has 2 aromatic rings. The zero-order valence-electron chi connectivity index (χ0n) is 11.5. The van der Waals surface area contributed by atoms with E-state index in [1.54, 1.807) is 12.1 Å². The summed E-state index contributed by atoms with van der Waals surface area (Å²) in [6, 6.07) is 7.71. The first-order chi connectivity index (χ1) is 10.0. The summed E-state index contributed by atoms with van der Waals surface area (Å²) in [4.78, 5) is 27.4. The third-order valence-electron chi connectivity index (χ3n) is 3.08. The molecule has 0 saturated heterocycles. The van der Waals surface area contributed by atoms with Crippen molar-refractivity contribution in [1.82, 2.24) is 10.3 Å². The fraction of sp³-hybridized carbons (Fsp3) is 0.267. The number of rotatable bonds is 5. The van der Waals surface area contributed by atoms with Crippen LogP contribution < -0.4 is 5.32 Å². The average molecular weight is 307 g/mol. The van der Waals surface area contributed by atoms with Crippen LogP contribution in [0, 0.1) is 0 Å². The van der Waals surface area contributed by atoms with Crippen LogP contribution >= 0.6 is 11.6 Å². The number of hydrogen-bond donors (Lipinski definition) is 2. The number of pyridine rings is 1. The van der Waals surface area contributed by atoms with Gasteiger partial charge in [0, 0.05) is 5.39 Å². The molecule has 1 aromatic heterocycles. The van der Waals surface area contributed by atoms with Crippen LogP contribution in [0.3, 0.4) is 0 Å². The molecule has 0 bridgehead atoms. The minimum atomic E-state index is -1.06. The molecule has 0 aliphatic rings. The molecule has 0 aliphatic carbocycles. The van der Waals surface area contributed by atoms with E-state index in [0.29, 0.717) is 23.4 Å². The lowest BCUT2D eigenvalue weighted by Gasteiger charge is -2.13.